The molecule has 1 aromatic carbocycles. The largest absolute Gasteiger partial charge is 0.494 e. The van der Waals surface area contributed by atoms with Crippen LogP contribution in [0.4, 0.5) is 0 Å². The Labute approximate surface area is 160 Å². The zero-order valence-corrected chi connectivity index (χ0v) is 16.3. The second-order valence-corrected chi connectivity index (χ2v) is 6.87. The lowest BCUT2D eigenvalue weighted by Crippen LogP contribution is -2.34. The molecular weight excluding hydrogens is 342 g/mol. The molecule has 0 saturated heterocycles. The fourth-order valence-corrected chi connectivity index (χ4v) is 3.84. The number of allylic oxidation sites excluding steroid dienone is 3. The quantitative estimate of drug-likeness (QED) is 0.768. The van der Waals surface area contributed by atoms with Crippen molar-refractivity contribution in [3.63, 3.8) is 0 Å². The van der Waals surface area contributed by atoms with E-state index in [4.69, 9.17) is 9.47 Å². The van der Waals surface area contributed by atoms with Crippen LogP contribution >= 0.6 is 0 Å². The molecule has 1 unspecified atom stereocenters. The van der Waals surface area contributed by atoms with Crippen LogP contribution in [-0.2, 0) is 14.3 Å². The van der Waals surface area contributed by atoms with E-state index in [9.17, 15) is 9.59 Å². The van der Waals surface area contributed by atoms with E-state index in [1.165, 1.54) is 0 Å². The van der Waals surface area contributed by atoms with Crippen LogP contribution in [0.15, 0.2) is 46.8 Å². The fourth-order valence-electron chi connectivity index (χ4n) is 3.84. The maximum Gasteiger partial charge on any atom is 0.336 e. The van der Waals surface area contributed by atoms with Crippen LogP contribution in [0, 0.1) is 0 Å². The average Bonchev–Trinajstić information content (AvgIpc) is 2.66. The highest BCUT2D eigenvalue weighted by atomic mass is 16.5. The Bertz CT molecular complexity index is 806. The highest BCUT2D eigenvalue weighted by molar-refractivity contribution is 6.04. The SMILES string of the molecule is CCCOC(=O)C1=C(C)NC2=C(C(=O)CCC2)C1c1ccccc1OCC. The number of benzene rings is 1. The maximum atomic E-state index is 12.9. The van der Waals surface area contributed by atoms with E-state index in [1.54, 1.807) is 0 Å². The Morgan fingerprint density at radius 1 is 1.22 bits per heavy atom. The smallest absolute Gasteiger partial charge is 0.336 e. The second-order valence-electron chi connectivity index (χ2n) is 6.87. The minimum atomic E-state index is -0.457. The molecule has 1 N–H and O–H groups in total. The third kappa shape index (κ3) is 3.77. The minimum Gasteiger partial charge on any atom is -0.494 e. The van der Waals surface area contributed by atoms with Gasteiger partial charge in [0.1, 0.15) is 5.75 Å². The maximum absolute atomic E-state index is 12.9. The van der Waals surface area contributed by atoms with E-state index in [2.05, 4.69) is 5.32 Å². The summed E-state index contributed by atoms with van der Waals surface area (Å²) in [6.45, 7) is 6.63. The number of Topliss-reactive ketones (excluding diaryl/α,β-unsaturated/α-hetero) is 1. The van der Waals surface area contributed by atoms with Crippen LogP contribution in [0.2, 0.25) is 0 Å². The van der Waals surface area contributed by atoms with Gasteiger partial charge in [-0.25, -0.2) is 4.79 Å². The number of rotatable bonds is 6. The second kappa shape index (κ2) is 8.42. The van der Waals surface area contributed by atoms with Crippen LogP contribution in [-0.4, -0.2) is 25.0 Å². The molecule has 0 aromatic heterocycles. The van der Waals surface area contributed by atoms with Gasteiger partial charge < -0.3 is 14.8 Å². The van der Waals surface area contributed by atoms with Crippen molar-refractivity contribution in [1.82, 2.24) is 5.32 Å². The van der Waals surface area contributed by atoms with Gasteiger partial charge in [0.2, 0.25) is 0 Å². The molecule has 1 aromatic rings. The van der Waals surface area contributed by atoms with Gasteiger partial charge in [0.05, 0.1) is 24.7 Å². The Morgan fingerprint density at radius 2 is 2.00 bits per heavy atom. The van der Waals surface area contributed by atoms with Crippen molar-refractivity contribution in [3.05, 3.63) is 52.4 Å². The predicted molar refractivity (Wildman–Crippen MR) is 103 cm³/mol. The molecule has 144 valence electrons. The summed E-state index contributed by atoms with van der Waals surface area (Å²) in [5, 5.41) is 3.30. The number of esters is 1. The van der Waals surface area contributed by atoms with E-state index in [0.29, 0.717) is 36.5 Å². The molecule has 0 radical (unpaired) electrons. The van der Waals surface area contributed by atoms with E-state index < -0.39 is 5.92 Å². The molecule has 1 heterocycles. The predicted octanol–water partition coefficient (Wildman–Crippen LogP) is 4.01. The zero-order valence-electron chi connectivity index (χ0n) is 16.3. The van der Waals surface area contributed by atoms with Gasteiger partial charge in [-0.2, -0.15) is 0 Å². The summed E-state index contributed by atoms with van der Waals surface area (Å²) < 4.78 is 11.3. The molecule has 0 saturated carbocycles. The van der Waals surface area contributed by atoms with Gasteiger partial charge in [0.25, 0.3) is 0 Å². The Morgan fingerprint density at radius 3 is 2.74 bits per heavy atom. The van der Waals surface area contributed by atoms with Crippen LogP contribution in [0.5, 0.6) is 5.75 Å². The van der Waals surface area contributed by atoms with Crippen molar-refractivity contribution in [2.45, 2.75) is 52.4 Å². The Hall–Kier alpha value is -2.56. The van der Waals surface area contributed by atoms with Crippen molar-refractivity contribution in [3.8, 4) is 5.75 Å². The summed E-state index contributed by atoms with van der Waals surface area (Å²) in [4.78, 5) is 25.8. The fraction of sp³-hybridized carbons (Fsp3) is 0.455. The molecule has 1 atom stereocenters. The number of para-hydroxylation sites is 1. The van der Waals surface area contributed by atoms with Crippen molar-refractivity contribution < 1.29 is 19.1 Å². The van der Waals surface area contributed by atoms with Crippen molar-refractivity contribution >= 4 is 11.8 Å². The van der Waals surface area contributed by atoms with Gasteiger partial charge in [-0.1, -0.05) is 25.1 Å². The minimum absolute atomic E-state index is 0.0911. The first-order chi connectivity index (χ1) is 13.1. The Balaban J connectivity index is 2.15. The summed E-state index contributed by atoms with van der Waals surface area (Å²) in [6, 6.07) is 7.64. The first-order valence-electron chi connectivity index (χ1n) is 9.71. The highest BCUT2D eigenvalue weighted by Crippen LogP contribution is 2.45. The zero-order chi connectivity index (χ0) is 19.4. The van der Waals surface area contributed by atoms with Gasteiger partial charge in [-0.15, -0.1) is 0 Å². The van der Waals surface area contributed by atoms with Crippen LogP contribution in [0.25, 0.3) is 0 Å². The number of nitrogens with one attached hydrogen (secondary N) is 1. The van der Waals surface area contributed by atoms with Gasteiger partial charge in [0, 0.05) is 29.0 Å². The number of ketones is 1. The molecule has 2 aliphatic rings. The molecular formula is C22H27NO4. The third-order valence-electron chi connectivity index (χ3n) is 4.96. The molecule has 3 rings (SSSR count). The first kappa shape index (κ1) is 19.2. The lowest BCUT2D eigenvalue weighted by molar-refractivity contribution is -0.139. The lowest BCUT2D eigenvalue weighted by atomic mass is 9.75. The van der Waals surface area contributed by atoms with Crippen LogP contribution in [0.1, 0.15) is 57.9 Å². The molecule has 0 fully saturated rings. The number of carbonyl (C=O) groups excluding carboxylic acids is 2. The number of hydrogen-bond donors (Lipinski definition) is 1. The molecule has 0 bridgehead atoms. The van der Waals surface area contributed by atoms with Crippen LogP contribution in [0.3, 0.4) is 0 Å². The van der Waals surface area contributed by atoms with Crippen molar-refractivity contribution in [2.24, 2.45) is 0 Å². The summed E-state index contributed by atoms with van der Waals surface area (Å²) in [6.07, 6.45) is 2.89. The van der Waals surface area contributed by atoms with Crippen LogP contribution < -0.4 is 10.1 Å². The molecule has 5 nitrogen and oxygen atoms in total. The molecule has 0 spiro atoms. The monoisotopic (exact) mass is 369 g/mol. The average molecular weight is 369 g/mol. The lowest BCUT2D eigenvalue weighted by Gasteiger charge is -2.34. The number of hydrogen-bond acceptors (Lipinski definition) is 5. The van der Waals surface area contributed by atoms with E-state index in [0.717, 1.165) is 36.2 Å². The summed E-state index contributed by atoms with van der Waals surface area (Å²) >= 11 is 0. The summed E-state index contributed by atoms with van der Waals surface area (Å²) in [5.74, 6) is -0.0386. The van der Waals surface area contributed by atoms with Gasteiger partial charge in [-0.05, 0) is 39.2 Å². The van der Waals surface area contributed by atoms with E-state index in [1.807, 2.05) is 45.0 Å². The molecule has 1 aliphatic carbocycles. The standard InChI is InChI=1S/C22H27NO4/c1-4-13-27-22(25)19-14(3)23-16-10-8-11-17(24)21(16)20(19)15-9-6-7-12-18(15)26-5-2/h6-7,9,12,20,23H,4-5,8,10-11,13H2,1-3H3. The van der Waals surface area contributed by atoms with Gasteiger partial charge >= 0.3 is 5.97 Å². The highest BCUT2D eigenvalue weighted by Gasteiger charge is 2.40. The topological polar surface area (TPSA) is 64.6 Å². The van der Waals surface area contributed by atoms with E-state index in [-0.39, 0.29) is 11.8 Å². The van der Waals surface area contributed by atoms with Crippen molar-refractivity contribution in [2.75, 3.05) is 13.2 Å². The Kier molecular flexibility index (Phi) is 5.99. The van der Waals surface area contributed by atoms with Gasteiger partial charge in [0.15, 0.2) is 5.78 Å². The molecule has 1 aliphatic heterocycles. The normalized spacial score (nSPS) is 19.5. The third-order valence-corrected chi connectivity index (χ3v) is 4.96. The number of carbonyl (C=O) groups is 2. The molecule has 0 amide bonds. The molecule has 27 heavy (non-hydrogen) atoms. The first-order valence-corrected chi connectivity index (χ1v) is 9.71. The van der Waals surface area contributed by atoms with Crippen molar-refractivity contribution in [1.29, 1.82) is 0 Å². The summed E-state index contributed by atoms with van der Waals surface area (Å²) in [5.41, 5.74) is 3.70. The van der Waals surface area contributed by atoms with E-state index >= 15 is 0 Å². The number of ether oxygens (including phenoxy) is 2. The summed E-state index contributed by atoms with van der Waals surface area (Å²) in [7, 11) is 0. The van der Waals surface area contributed by atoms with Gasteiger partial charge in [-0.3, -0.25) is 4.79 Å². The molecule has 5 heteroatoms. The number of dihydropyridines is 1.